The number of carbonyl (C=O) groups is 2. The first kappa shape index (κ1) is 15.2. The fourth-order valence-electron chi connectivity index (χ4n) is 3.11. The highest BCUT2D eigenvalue weighted by atomic mass is 32.2. The Hall–Kier alpha value is -1.15. The Bertz CT molecular complexity index is 504. The molecule has 0 radical (unpaired) electrons. The molecule has 1 saturated carbocycles. The van der Waals surface area contributed by atoms with E-state index in [9.17, 15) is 18.0 Å². The number of sulfonamides is 1. The number of carboxylic acids is 1. The summed E-state index contributed by atoms with van der Waals surface area (Å²) in [6.45, 7) is 0.351. The first-order valence-electron chi connectivity index (χ1n) is 6.80. The van der Waals surface area contributed by atoms with Gasteiger partial charge < -0.3 is 10.4 Å². The molecule has 1 aliphatic heterocycles. The monoisotopic (exact) mass is 304 g/mol. The van der Waals surface area contributed by atoms with Crippen LogP contribution in [0, 0.1) is 5.92 Å². The molecule has 2 rings (SSSR count). The minimum atomic E-state index is -3.40. The van der Waals surface area contributed by atoms with Gasteiger partial charge in [0.05, 0.1) is 12.2 Å². The van der Waals surface area contributed by atoms with Crippen LogP contribution in [0.25, 0.3) is 0 Å². The van der Waals surface area contributed by atoms with Gasteiger partial charge in [0.15, 0.2) is 0 Å². The maximum Gasteiger partial charge on any atom is 0.308 e. The van der Waals surface area contributed by atoms with Crippen molar-refractivity contribution in [2.24, 2.45) is 5.92 Å². The molecule has 1 aliphatic carbocycles. The van der Waals surface area contributed by atoms with E-state index >= 15 is 0 Å². The SMILES string of the molecule is CS(=O)(=O)N1CCCC1C(=O)NC1CCCC1C(=O)O. The molecule has 0 aromatic heterocycles. The Morgan fingerprint density at radius 2 is 1.90 bits per heavy atom. The molecule has 1 heterocycles. The van der Waals surface area contributed by atoms with E-state index in [-0.39, 0.29) is 11.9 Å². The molecule has 0 aromatic carbocycles. The Morgan fingerprint density at radius 1 is 1.20 bits per heavy atom. The third-order valence-electron chi connectivity index (χ3n) is 4.09. The first-order valence-corrected chi connectivity index (χ1v) is 8.65. The number of aliphatic carboxylic acids is 1. The smallest absolute Gasteiger partial charge is 0.308 e. The van der Waals surface area contributed by atoms with Crippen LogP contribution in [0.2, 0.25) is 0 Å². The van der Waals surface area contributed by atoms with Gasteiger partial charge in [-0.25, -0.2) is 8.42 Å². The van der Waals surface area contributed by atoms with Crippen LogP contribution in [-0.2, 0) is 19.6 Å². The van der Waals surface area contributed by atoms with Gasteiger partial charge in [-0.05, 0) is 25.7 Å². The summed E-state index contributed by atoms with van der Waals surface area (Å²) in [7, 11) is -3.40. The summed E-state index contributed by atoms with van der Waals surface area (Å²) >= 11 is 0. The number of hydrogen-bond acceptors (Lipinski definition) is 4. The van der Waals surface area contributed by atoms with E-state index in [1.54, 1.807) is 0 Å². The lowest BCUT2D eigenvalue weighted by Gasteiger charge is -2.24. The quantitative estimate of drug-likeness (QED) is 0.747. The van der Waals surface area contributed by atoms with Crippen LogP contribution in [0.3, 0.4) is 0 Å². The average Bonchev–Trinajstić information content (AvgIpc) is 2.95. The lowest BCUT2D eigenvalue weighted by Crippen LogP contribution is -2.50. The van der Waals surface area contributed by atoms with E-state index < -0.39 is 28.0 Å². The largest absolute Gasteiger partial charge is 0.481 e. The van der Waals surface area contributed by atoms with Crippen molar-refractivity contribution >= 4 is 21.9 Å². The summed E-state index contributed by atoms with van der Waals surface area (Å²) < 4.78 is 24.4. The molecule has 2 fully saturated rings. The highest BCUT2D eigenvalue weighted by molar-refractivity contribution is 7.88. The van der Waals surface area contributed by atoms with E-state index in [1.807, 2.05) is 0 Å². The van der Waals surface area contributed by atoms with Crippen LogP contribution in [0.15, 0.2) is 0 Å². The third kappa shape index (κ3) is 3.12. The van der Waals surface area contributed by atoms with Crippen molar-refractivity contribution < 1.29 is 23.1 Å². The fraction of sp³-hybridized carbons (Fsp3) is 0.833. The minimum Gasteiger partial charge on any atom is -0.481 e. The van der Waals surface area contributed by atoms with Crippen molar-refractivity contribution in [3.05, 3.63) is 0 Å². The van der Waals surface area contributed by atoms with Gasteiger partial charge >= 0.3 is 5.97 Å². The summed E-state index contributed by atoms with van der Waals surface area (Å²) in [5.74, 6) is -1.84. The molecule has 1 amide bonds. The molecule has 1 saturated heterocycles. The van der Waals surface area contributed by atoms with Crippen LogP contribution in [0.5, 0.6) is 0 Å². The van der Waals surface area contributed by atoms with Gasteiger partial charge in [0.2, 0.25) is 15.9 Å². The van der Waals surface area contributed by atoms with Crippen molar-refractivity contribution in [2.75, 3.05) is 12.8 Å². The number of nitrogens with one attached hydrogen (secondary N) is 1. The number of hydrogen-bond donors (Lipinski definition) is 2. The third-order valence-corrected chi connectivity index (χ3v) is 5.38. The summed E-state index contributed by atoms with van der Waals surface area (Å²) in [5.41, 5.74) is 0. The summed E-state index contributed by atoms with van der Waals surface area (Å²) in [6, 6.07) is -1.08. The van der Waals surface area contributed by atoms with Crippen molar-refractivity contribution in [1.29, 1.82) is 0 Å². The Labute approximate surface area is 118 Å². The molecule has 0 spiro atoms. The highest BCUT2D eigenvalue weighted by Gasteiger charge is 2.40. The van der Waals surface area contributed by atoms with Crippen LogP contribution in [0.1, 0.15) is 32.1 Å². The Morgan fingerprint density at radius 3 is 2.50 bits per heavy atom. The molecular weight excluding hydrogens is 284 g/mol. The average molecular weight is 304 g/mol. The van der Waals surface area contributed by atoms with Crippen molar-refractivity contribution in [1.82, 2.24) is 9.62 Å². The first-order chi connectivity index (χ1) is 9.30. The molecule has 2 aliphatic rings. The maximum absolute atomic E-state index is 12.2. The van der Waals surface area contributed by atoms with E-state index in [4.69, 9.17) is 5.11 Å². The van der Waals surface area contributed by atoms with Crippen LogP contribution >= 0.6 is 0 Å². The number of carboxylic acid groups (broad SMARTS) is 1. The zero-order valence-corrected chi connectivity index (χ0v) is 12.2. The van der Waals surface area contributed by atoms with Crippen molar-refractivity contribution in [3.8, 4) is 0 Å². The maximum atomic E-state index is 12.2. The van der Waals surface area contributed by atoms with Crippen LogP contribution in [0.4, 0.5) is 0 Å². The lowest BCUT2D eigenvalue weighted by molar-refractivity contribution is -0.142. The second-order valence-corrected chi connectivity index (χ2v) is 7.46. The molecule has 114 valence electrons. The predicted molar refractivity (Wildman–Crippen MR) is 71.5 cm³/mol. The number of amides is 1. The fourth-order valence-corrected chi connectivity index (χ4v) is 4.23. The zero-order valence-electron chi connectivity index (χ0n) is 11.4. The summed E-state index contributed by atoms with van der Waals surface area (Å²) in [6.07, 6.45) is 4.19. The molecule has 0 bridgehead atoms. The number of rotatable bonds is 4. The predicted octanol–water partition coefficient (Wildman–Crippen LogP) is -0.220. The minimum absolute atomic E-state index is 0.351. The molecule has 8 heteroatoms. The van der Waals surface area contributed by atoms with Crippen molar-refractivity contribution in [3.63, 3.8) is 0 Å². The second kappa shape index (κ2) is 5.69. The van der Waals surface area contributed by atoms with Crippen LogP contribution < -0.4 is 5.32 Å². The van der Waals surface area contributed by atoms with E-state index in [1.165, 1.54) is 4.31 Å². The van der Waals surface area contributed by atoms with Gasteiger partial charge in [-0.2, -0.15) is 4.31 Å². The van der Waals surface area contributed by atoms with Crippen molar-refractivity contribution in [2.45, 2.75) is 44.2 Å². The molecule has 3 unspecified atom stereocenters. The van der Waals surface area contributed by atoms with Gasteiger partial charge in [-0.15, -0.1) is 0 Å². The Kier molecular flexibility index (Phi) is 4.33. The normalized spacial score (nSPS) is 31.4. The number of nitrogens with zero attached hydrogens (tertiary/aromatic N) is 1. The molecular formula is C12H20N2O5S. The van der Waals surface area contributed by atoms with Gasteiger partial charge in [0, 0.05) is 12.6 Å². The van der Waals surface area contributed by atoms with Gasteiger partial charge in [0.1, 0.15) is 6.04 Å². The van der Waals surface area contributed by atoms with E-state index in [0.717, 1.165) is 12.7 Å². The molecule has 3 atom stereocenters. The summed E-state index contributed by atoms with van der Waals surface area (Å²) in [5, 5.41) is 11.8. The molecule has 20 heavy (non-hydrogen) atoms. The number of carbonyl (C=O) groups excluding carboxylic acids is 1. The topological polar surface area (TPSA) is 104 Å². The summed E-state index contributed by atoms with van der Waals surface area (Å²) in [4.78, 5) is 23.3. The van der Waals surface area contributed by atoms with Gasteiger partial charge in [0.25, 0.3) is 0 Å². The zero-order chi connectivity index (χ0) is 14.9. The lowest BCUT2D eigenvalue weighted by atomic mass is 10.0. The van der Waals surface area contributed by atoms with E-state index in [2.05, 4.69) is 5.32 Å². The highest BCUT2D eigenvalue weighted by Crippen LogP contribution is 2.27. The second-order valence-electron chi connectivity index (χ2n) is 5.52. The van der Waals surface area contributed by atoms with E-state index in [0.29, 0.717) is 32.2 Å². The van der Waals surface area contributed by atoms with Crippen LogP contribution in [-0.4, -0.2) is 54.6 Å². The Balaban J connectivity index is 2.03. The molecule has 2 N–H and O–H groups in total. The molecule has 0 aromatic rings. The molecule has 7 nitrogen and oxygen atoms in total. The van der Waals surface area contributed by atoms with Gasteiger partial charge in [-0.1, -0.05) is 6.42 Å². The standard InChI is InChI=1S/C12H20N2O5S/c1-20(18,19)14-7-3-6-10(14)11(15)13-9-5-2-4-8(9)12(16)17/h8-10H,2-7H2,1H3,(H,13,15)(H,16,17). The van der Waals surface area contributed by atoms with Gasteiger partial charge in [-0.3, -0.25) is 9.59 Å².